The number of pyridine rings is 1. The number of amides is 1. The summed E-state index contributed by atoms with van der Waals surface area (Å²) in [6.45, 7) is 0. The third-order valence-electron chi connectivity index (χ3n) is 2.74. The first-order valence-electron chi connectivity index (χ1n) is 6.04. The van der Waals surface area contributed by atoms with Crippen LogP contribution in [-0.2, 0) is 0 Å². The zero-order valence-electron chi connectivity index (χ0n) is 10.5. The molecule has 1 amide bonds. The molecule has 0 saturated carbocycles. The van der Waals surface area contributed by atoms with Gasteiger partial charge in [0.1, 0.15) is 5.01 Å². The second-order valence-electron chi connectivity index (χ2n) is 4.11. The van der Waals surface area contributed by atoms with E-state index in [2.05, 4.69) is 15.3 Å². The van der Waals surface area contributed by atoms with Crippen molar-refractivity contribution in [3.8, 4) is 10.6 Å². The van der Waals surface area contributed by atoms with Crippen LogP contribution in [0.15, 0.2) is 60.4 Å². The molecule has 0 spiro atoms. The average Bonchev–Trinajstić information content (AvgIpc) is 3.03. The van der Waals surface area contributed by atoms with E-state index in [0.29, 0.717) is 5.56 Å². The van der Waals surface area contributed by atoms with E-state index >= 15 is 0 Å². The number of hydrogen-bond acceptors (Lipinski definition) is 4. The molecule has 20 heavy (non-hydrogen) atoms. The van der Waals surface area contributed by atoms with Gasteiger partial charge in [0.05, 0.1) is 0 Å². The SMILES string of the molecule is O=C(Nc1cccc(-c2nccs2)c1)c1ccncc1. The Morgan fingerprint density at radius 1 is 1.10 bits per heavy atom. The summed E-state index contributed by atoms with van der Waals surface area (Å²) in [6, 6.07) is 11.0. The lowest BCUT2D eigenvalue weighted by Crippen LogP contribution is -2.11. The van der Waals surface area contributed by atoms with Gasteiger partial charge in [-0.05, 0) is 24.3 Å². The number of benzene rings is 1. The van der Waals surface area contributed by atoms with Gasteiger partial charge in [-0.2, -0.15) is 0 Å². The van der Waals surface area contributed by atoms with Crippen molar-refractivity contribution in [2.24, 2.45) is 0 Å². The number of thiazole rings is 1. The summed E-state index contributed by atoms with van der Waals surface area (Å²) in [6.07, 6.45) is 4.96. The molecule has 0 atom stereocenters. The van der Waals surface area contributed by atoms with Crippen LogP contribution in [0.3, 0.4) is 0 Å². The average molecular weight is 281 g/mol. The fourth-order valence-electron chi connectivity index (χ4n) is 1.80. The zero-order chi connectivity index (χ0) is 13.8. The first-order valence-corrected chi connectivity index (χ1v) is 6.92. The van der Waals surface area contributed by atoms with Crippen LogP contribution in [-0.4, -0.2) is 15.9 Å². The molecule has 5 heteroatoms. The molecule has 0 fully saturated rings. The molecular weight excluding hydrogens is 270 g/mol. The molecule has 1 N–H and O–H groups in total. The molecule has 0 aliphatic heterocycles. The van der Waals surface area contributed by atoms with Crippen molar-refractivity contribution in [1.82, 2.24) is 9.97 Å². The van der Waals surface area contributed by atoms with Crippen LogP contribution >= 0.6 is 11.3 Å². The summed E-state index contributed by atoms with van der Waals surface area (Å²) in [7, 11) is 0. The van der Waals surface area contributed by atoms with Crippen molar-refractivity contribution in [2.45, 2.75) is 0 Å². The van der Waals surface area contributed by atoms with Crippen LogP contribution in [0.2, 0.25) is 0 Å². The molecule has 0 unspecified atom stereocenters. The Kier molecular flexibility index (Phi) is 3.52. The van der Waals surface area contributed by atoms with Crippen molar-refractivity contribution in [1.29, 1.82) is 0 Å². The number of hydrogen-bond donors (Lipinski definition) is 1. The second-order valence-corrected chi connectivity index (χ2v) is 5.00. The number of nitrogens with one attached hydrogen (secondary N) is 1. The molecule has 0 aliphatic carbocycles. The molecule has 0 bridgehead atoms. The van der Waals surface area contributed by atoms with E-state index in [0.717, 1.165) is 16.3 Å². The van der Waals surface area contributed by atoms with E-state index in [9.17, 15) is 4.79 Å². The summed E-state index contributed by atoms with van der Waals surface area (Å²) in [4.78, 5) is 20.2. The molecule has 2 heterocycles. The highest BCUT2D eigenvalue weighted by Gasteiger charge is 2.07. The number of aromatic nitrogens is 2. The minimum atomic E-state index is -0.149. The summed E-state index contributed by atoms with van der Waals surface area (Å²) < 4.78 is 0. The molecule has 0 radical (unpaired) electrons. The summed E-state index contributed by atoms with van der Waals surface area (Å²) in [5.41, 5.74) is 2.33. The standard InChI is InChI=1S/C15H11N3OS/c19-14(11-4-6-16-7-5-11)18-13-3-1-2-12(10-13)15-17-8-9-20-15/h1-10H,(H,18,19). The van der Waals surface area contributed by atoms with E-state index in [-0.39, 0.29) is 5.91 Å². The number of carbonyl (C=O) groups is 1. The quantitative estimate of drug-likeness (QED) is 0.800. The Balaban J connectivity index is 1.82. The Morgan fingerprint density at radius 2 is 1.95 bits per heavy atom. The number of rotatable bonds is 3. The van der Waals surface area contributed by atoms with E-state index in [1.165, 1.54) is 0 Å². The highest BCUT2D eigenvalue weighted by molar-refractivity contribution is 7.13. The van der Waals surface area contributed by atoms with Crippen molar-refractivity contribution >= 4 is 22.9 Å². The zero-order valence-corrected chi connectivity index (χ0v) is 11.3. The molecule has 1 aromatic carbocycles. The van der Waals surface area contributed by atoms with Gasteiger partial charge in [-0.1, -0.05) is 12.1 Å². The van der Waals surface area contributed by atoms with Gasteiger partial charge in [0.2, 0.25) is 0 Å². The van der Waals surface area contributed by atoms with Gasteiger partial charge in [0.15, 0.2) is 0 Å². The molecule has 0 aliphatic rings. The summed E-state index contributed by atoms with van der Waals surface area (Å²) in [5, 5.41) is 5.73. The van der Waals surface area contributed by atoms with Crippen molar-refractivity contribution < 1.29 is 4.79 Å². The maximum absolute atomic E-state index is 12.1. The van der Waals surface area contributed by atoms with Gasteiger partial charge < -0.3 is 5.32 Å². The molecule has 3 aromatic rings. The van der Waals surface area contributed by atoms with Gasteiger partial charge in [-0.3, -0.25) is 9.78 Å². The third kappa shape index (κ3) is 2.73. The molecule has 4 nitrogen and oxygen atoms in total. The normalized spacial score (nSPS) is 10.2. The van der Waals surface area contributed by atoms with E-state index < -0.39 is 0 Å². The van der Waals surface area contributed by atoms with E-state index in [1.807, 2.05) is 29.6 Å². The summed E-state index contributed by atoms with van der Waals surface area (Å²) in [5.74, 6) is -0.149. The molecule has 98 valence electrons. The Morgan fingerprint density at radius 3 is 2.70 bits per heavy atom. The smallest absolute Gasteiger partial charge is 0.255 e. The van der Waals surface area contributed by atoms with Gasteiger partial charge in [0, 0.05) is 40.8 Å². The number of nitrogens with zero attached hydrogens (tertiary/aromatic N) is 2. The largest absolute Gasteiger partial charge is 0.322 e. The molecule has 2 aromatic heterocycles. The predicted octanol–water partition coefficient (Wildman–Crippen LogP) is 3.46. The van der Waals surface area contributed by atoms with Crippen molar-refractivity contribution in [2.75, 3.05) is 5.32 Å². The fraction of sp³-hybridized carbons (Fsp3) is 0. The third-order valence-corrected chi connectivity index (χ3v) is 3.56. The van der Waals surface area contributed by atoms with Gasteiger partial charge in [0.25, 0.3) is 5.91 Å². The highest BCUT2D eigenvalue weighted by atomic mass is 32.1. The molecular formula is C15H11N3OS. The van der Waals surface area contributed by atoms with Crippen LogP contribution in [0, 0.1) is 0 Å². The van der Waals surface area contributed by atoms with Gasteiger partial charge in [-0.15, -0.1) is 11.3 Å². The maximum atomic E-state index is 12.1. The van der Waals surface area contributed by atoms with Crippen LogP contribution in [0.5, 0.6) is 0 Å². The molecule has 0 saturated heterocycles. The maximum Gasteiger partial charge on any atom is 0.255 e. The van der Waals surface area contributed by atoms with Gasteiger partial charge in [-0.25, -0.2) is 4.98 Å². The van der Waals surface area contributed by atoms with Crippen molar-refractivity contribution in [3.05, 3.63) is 65.9 Å². The first kappa shape index (κ1) is 12.5. The van der Waals surface area contributed by atoms with Crippen LogP contribution in [0.4, 0.5) is 5.69 Å². The Hall–Kier alpha value is -2.53. The lowest BCUT2D eigenvalue weighted by molar-refractivity contribution is 0.102. The van der Waals surface area contributed by atoms with Gasteiger partial charge >= 0.3 is 0 Å². The monoisotopic (exact) mass is 281 g/mol. The van der Waals surface area contributed by atoms with Crippen LogP contribution in [0.1, 0.15) is 10.4 Å². The predicted molar refractivity (Wildman–Crippen MR) is 79.7 cm³/mol. The minimum absolute atomic E-state index is 0.149. The van der Waals surface area contributed by atoms with E-state index in [1.54, 1.807) is 42.1 Å². The fourth-order valence-corrected chi connectivity index (χ4v) is 2.44. The molecule has 3 rings (SSSR count). The highest BCUT2D eigenvalue weighted by Crippen LogP contribution is 2.24. The van der Waals surface area contributed by atoms with Crippen molar-refractivity contribution in [3.63, 3.8) is 0 Å². The Bertz CT molecular complexity index is 711. The second kappa shape index (κ2) is 5.63. The number of carbonyl (C=O) groups excluding carboxylic acids is 1. The topological polar surface area (TPSA) is 54.9 Å². The lowest BCUT2D eigenvalue weighted by atomic mass is 10.2. The Labute approximate surface area is 120 Å². The van der Waals surface area contributed by atoms with Crippen LogP contribution < -0.4 is 5.32 Å². The lowest BCUT2D eigenvalue weighted by Gasteiger charge is -2.06. The summed E-state index contributed by atoms with van der Waals surface area (Å²) >= 11 is 1.57. The first-order chi connectivity index (χ1) is 9.83. The van der Waals surface area contributed by atoms with E-state index in [4.69, 9.17) is 0 Å². The van der Waals surface area contributed by atoms with Crippen LogP contribution in [0.25, 0.3) is 10.6 Å². The minimum Gasteiger partial charge on any atom is -0.322 e. The number of anilines is 1.